The van der Waals surface area contributed by atoms with Gasteiger partial charge < -0.3 is 15.0 Å². The average molecular weight is 279 g/mol. The van der Waals surface area contributed by atoms with Crippen molar-refractivity contribution in [3.05, 3.63) is 30.2 Å². The molecule has 2 rings (SSSR count). The molecule has 2 aromatic rings. The summed E-state index contributed by atoms with van der Waals surface area (Å²) in [5, 5.41) is 3.96. The predicted molar refractivity (Wildman–Crippen MR) is 76.2 cm³/mol. The van der Waals surface area contributed by atoms with Crippen LogP contribution in [0.3, 0.4) is 0 Å². The number of thioether (sulfide) groups is 1. The standard InChI is InChI=1S/C13H17N3O2S/c1-17-10-5-3-9(4-6-10)12-15-13(18-16-12)11(14)7-8-19-2/h3-6,11H,7-8,14H2,1-2H3/t11-/m0/s1. The van der Waals surface area contributed by atoms with Gasteiger partial charge in [0.1, 0.15) is 5.75 Å². The van der Waals surface area contributed by atoms with Crippen LogP contribution < -0.4 is 10.5 Å². The Morgan fingerprint density at radius 2 is 2.11 bits per heavy atom. The molecule has 0 saturated heterocycles. The summed E-state index contributed by atoms with van der Waals surface area (Å²) in [6.07, 6.45) is 2.87. The summed E-state index contributed by atoms with van der Waals surface area (Å²) < 4.78 is 10.3. The van der Waals surface area contributed by atoms with Gasteiger partial charge in [-0.2, -0.15) is 16.7 Å². The van der Waals surface area contributed by atoms with E-state index in [-0.39, 0.29) is 6.04 Å². The summed E-state index contributed by atoms with van der Waals surface area (Å²) in [5.74, 6) is 2.81. The van der Waals surface area contributed by atoms with Gasteiger partial charge in [0.25, 0.3) is 0 Å². The van der Waals surface area contributed by atoms with E-state index in [0.717, 1.165) is 23.5 Å². The van der Waals surface area contributed by atoms with Crippen molar-refractivity contribution in [2.75, 3.05) is 19.1 Å². The van der Waals surface area contributed by atoms with Gasteiger partial charge in [0.2, 0.25) is 11.7 Å². The zero-order chi connectivity index (χ0) is 13.7. The van der Waals surface area contributed by atoms with Crippen molar-refractivity contribution in [1.29, 1.82) is 0 Å². The molecule has 0 radical (unpaired) electrons. The van der Waals surface area contributed by atoms with Crippen molar-refractivity contribution in [1.82, 2.24) is 10.1 Å². The molecular weight excluding hydrogens is 262 g/mol. The van der Waals surface area contributed by atoms with E-state index in [1.807, 2.05) is 30.5 Å². The molecule has 0 unspecified atom stereocenters. The van der Waals surface area contributed by atoms with Gasteiger partial charge in [-0.1, -0.05) is 5.16 Å². The van der Waals surface area contributed by atoms with Crippen LogP contribution >= 0.6 is 11.8 Å². The number of aromatic nitrogens is 2. The minimum atomic E-state index is -0.202. The second-order valence-corrected chi connectivity index (χ2v) is 5.06. The fourth-order valence-electron chi connectivity index (χ4n) is 1.61. The molecule has 0 spiro atoms. The van der Waals surface area contributed by atoms with Gasteiger partial charge in [0, 0.05) is 5.56 Å². The zero-order valence-electron chi connectivity index (χ0n) is 11.0. The van der Waals surface area contributed by atoms with E-state index >= 15 is 0 Å². The molecule has 1 aromatic carbocycles. The highest BCUT2D eigenvalue weighted by Gasteiger charge is 2.15. The molecule has 0 aliphatic rings. The van der Waals surface area contributed by atoms with E-state index in [1.54, 1.807) is 18.9 Å². The largest absolute Gasteiger partial charge is 0.497 e. The molecular formula is C13H17N3O2S. The van der Waals surface area contributed by atoms with Crippen LogP contribution in [-0.2, 0) is 0 Å². The predicted octanol–water partition coefficient (Wildman–Crippen LogP) is 2.50. The van der Waals surface area contributed by atoms with E-state index in [9.17, 15) is 0 Å². The molecule has 1 atom stereocenters. The monoisotopic (exact) mass is 279 g/mol. The SMILES string of the molecule is COc1ccc(-c2noc([C@@H](N)CCSC)n2)cc1. The van der Waals surface area contributed by atoms with E-state index < -0.39 is 0 Å². The smallest absolute Gasteiger partial charge is 0.243 e. The number of nitrogens with two attached hydrogens (primary N) is 1. The van der Waals surface area contributed by atoms with Crippen LogP contribution in [0, 0.1) is 0 Å². The lowest BCUT2D eigenvalue weighted by Gasteiger charge is -2.03. The topological polar surface area (TPSA) is 74.2 Å². The molecule has 6 heteroatoms. The number of nitrogens with zero attached hydrogens (tertiary/aromatic N) is 2. The van der Waals surface area contributed by atoms with Crippen LogP contribution in [0.4, 0.5) is 0 Å². The summed E-state index contributed by atoms with van der Waals surface area (Å²) in [6, 6.07) is 7.30. The Hall–Kier alpha value is -1.53. The second-order valence-electron chi connectivity index (χ2n) is 4.07. The first-order valence-electron chi connectivity index (χ1n) is 5.97. The summed E-state index contributed by atoms with van der Waals surface area (Å²) in [4.78, 5) is 4.34. The first-order valence-corrected chi connectivity index (χ1v) is 7.36. The zero-order valence-corrected chi connectivity index (χ0v) is 11.8. The number of hydrogen-bond donors (Lipinski definition) is 1. The van der Waals surface area contributed by atoms with Crippen molar-refractivity contribution in [2.24, 2.45) is 5.73 Å². The quantitative estimate of drug-likeness (QED) is 0.875. The summed E-state index contributed by atoms with van der Waals surface area (Å²) in [7, 11) is 1.63. The van der Waals surface area contributed by atoms with Gasteiger partial charge in [-0.15, -0.1) is 0 Å². The number of methoxy groups -OCH3 is 1. The Kier molecular flexibility index (Phi) is 4.81. The third-order valence-corrected chi connectivity index (χ3v) is 3.38. The highest BCUT2D eigenvalue weighted by Crippen LogP contribution is 2.22. The van der Waals surface area contributed by atoms with E-state index in [0.29, 0.717) is 11.7 Å². The van der Waals surface area contributed by atoms with Crippen molar-refractivity contribution in [3.63, 3.8) is 0 Å². The Morgan fingerprint density at radius 3 is 2.74 bits per heavy atom. The van der Waals surface area contributed by atoms with Gasteiger partial charge in [0.15, 0.2) is 0 Å². The first-order chi connectivity index (χ1) is 9.24. The lowest BCUT2D eigenvalue weighted by Crippen LogP contribution is -2.11. The Bertz CT molecular complexity index is 513. The molecule has 102 valence electrons. The van der Waals surface area contributed by atoms with E-state index in [1.165, 1.54) is 0 Å². The summed E-state index contributed by atoms with van der Waals surface area (Å²) in [6.45, 7) is 0. The number of benzene rings is 1. The Balaban J connectivity index is 2.11. The molecule has 0 amide bonds. The number of hydrogen-bond acceptors (Lipinski definition) is 6. The highest BCUT2D eigenvalue weighted by atomic mass is 32.2. The minimum absolute atomic E-state index is 0.202. The molecule has 19 heavy (non-hydrogen) atoms. The lowest BCUT2D eigenvalue weighted by molar-refractivity contribution is 0.353. The van der Waals surface area contributed by atoms with Crippen molar-refractivity contribution >= 4 is 11.8 Å². The van der Waals surface area contributed by atoms with E-state index in [2.05, 4.69) is 10.1 Å². The van der Waals surface area contributed by atoms with Crippen LogP contribution in [0.2, 0.25) is 0 Å². The van der Waals surface area contributed by atoms with Crippen molar-refractivity contribution in [3.8, 4) is 17.1 Å². The highest BCUT2D eigenvalue weighted by molar-refractivity contribution is 7.98. The molecule has 0 fully saturated rings. The molecule has 0 saturated carbocycles. The van der Waals surface area contributed by atoms with Crippen LogP contribution in [0.5, 0.6) is 5.75 Å². The summed E-state index contributed by atoms with van der Waals surface area (Å²) in [5.41, 5.74) is 6.87. The van der Waals surface area contributed by atoms with E-state index in [4.69, 9.17) is 15.0 Å². The number of rotatable bonds is 6. The molecule has 2 N–H and O–H groups in total. The fourth-order valence-corrected chi connectivity index (χ4v) is 2.10. The van der Waals surface area contributed by atoms with Crippen LogP contribution in [0.25, 0.3) is 11.4 Å². The van der Waals surface area contributed by atoms with Crippen LogP contribution in [0.15, 0.2) is 28.8 Å². The van der Waals surface area contributed by atoms with Gasteiger partial charge in [0.05, 0.1) is 13.2 Å². The summed E-state index contributed by atoms with van der Waals surface area (Å²) >= 11 is 1.75. The maximum Gasteiger partial charge on any atom is 0.243 e. The fraction of sp³-hybridized carbons (Fsp3) is 0.385. The maximum absolute atomic E-state index is 5.99. The minimum Gasteiger partial charge on any atom is -0.497 e. The molecule has 0 aliphatic heterocycles. The molecule has 0 aliphatic carbocycles. The van der Waals surface area contributed by atoms with Crippen LogP contribution in [-0.4, -0.2) is 29.3 Å². The normalized spacial score (nSPS) is 12.4. The van der Waals surface area contributed by atoms with Gasteiger partial charge >= 0.3 is 0 Å². The maximum atomic E-state index is 5.99. The number of ether oxygens (including phenoxy) is 1. The van der Waals surface area contributed by atoms with Crippen molar-refractivity contribution in [2.45, 2.75) is 12.5 Å². The van der Waals surface area contributed by atoms with Crippen molar-refractivity contribution < 1.29 is 9.26 Å². The van der Waals surface area contributed by atoms with Gasteiger partial charge in [-0.25, -0.2) is 0 Å². The van der Waals surface area contributed by atoms with Gasteiger partial charge in [-0.3, -0.25) is 0 Å². The second kappa shape index (κ2) is 6.58. The third kappa shape index (κ3) is 3.48. The average Bonchev–Trinajstić information content (AvgIpc) is 2.94. The van der Waals surface area contributed by atoms with Gasteiger partial charge in [-0.05, 0) is 42.7 Å². The molecule has 1 heterocycles. The van der Waals surface area contributed by atoms with Crippen LogP contribution in [0.1, 0.15) is 18.4 Å². The Morgan fingerprint density at radius 1 is 1.37 bits per heavy atom. The molecule has 5 nitrogen and oxygen atoms in total. The molecule has 1 aromatic heterocycles. The molecule has 0 bridgehead atoms. The third-order valence-electron chi connectivity index (χ3n) is 2.74. The Labute approximate surface area is 116 Å². The first kappa shape index (κ1) is 13.9. The lowest BCUT2D eigenvalue weighted by atomic mass is 10.2.